The predicted molar refractivity (Wildman–Crippen MR) is 76.9 cm³/mol. The number of nitrogens with zero attached hydrogens (tertiary/aromatic N) is 3. The van der Waals surface area contributed by atoms with E-state index >= 15 is 0 Å². The number of carbonyl (C=O) groups excluding carboxylic acids is 1. The molecule has 0 saturated heterocycles. The van der Waals surface area contributed by atoms with Crippen LogP contribution in [-0.2, 0) is 0 Å². The molecule has 1 aromatic carbocycles. The maximum atomic E-state index is 12.2. The molecule has 1 N–H and O–H groups in total. The van der Waals surface area contributed by atoms with E-state index in [1.54, 1.807) is 19.9 Å². The van der Waals surface area contributed by atoms with Crippen LogP contribution < -0.4 is 5.32 Å². The van der Waals surface area contributed by atoms with Gasteiger partial charge in [-0.25, -0.2) is 0 Å². The first-order valence-electron chi connectivity index (χ1n) is 6.76. The Labute approximate surface area is 126 Å². The minimum absolute atomic E-state index is 0.196. The molecule has 0 unspecified atom stereocenters. The summed E-state index contributed by atoms with van der Waals surface area (Å²) in [5.74, 6) is 1.03. The second kappa shape index (κ2) is 5.80. The maximum Gasteiger partial charge on any atom is 0.274 e. The maximum absolute atomic E-state index is 12.2. The molecule has 3 rings (SSSR count). The van der Waals surface area contributed by atoms with Gasteiger partial charge in [-0.3, -0.25) is 4.79 Å². The molecule has 0 fully saturated rings. The topological polar surface area (TPSA) is 94.1 Å². The van der Waals surface area contributed by atoms with E-state index in [1.807, 2.05) is 30.3 Å². The van der Waals surface area contributed by atoms with Crippen molar-refractivity contribution in [3.05, 3.63) is 53.8 Å². The van der Waals surface area contributed by atoms with Crippen molar-refractivity contribution in [2.45, 2.75) is 19.9 Å². The van der Waals surface area contributed by atoms with Crippen LogP contribution in [0.1, 0.15) is 35.2 Å². The van der Waals surface area contributed by atoms with E-state index in [0.29, 0.717) is 17.5 Å². The van der Waals surface area contributed by atoms with Crippen LogP contribution in [-0.4, -0.2) is 21.2 Å². The molecule has 0 aliphatic heterocycles. The van der Waals surface area contributed by atoms with Gasteiger partial charge in [0.25, 0.3) is 5.91 Å². The molecule has 0 spiro atoms. The van der Waals surface area contributed by atoms with Crippen LogP contribution in [0.4, 0.5) is 0 Å². The van der Waals surface area contributed by atoms with Crippen molar-refractivity contribution < 1.29 is 13.8 Å². The van der Waals surface area contributed by atoms with Crippen molar-refractivity contribution in [3.63, 3.8) is 0 Å². The lowest BCUT2D eigenvalue weighted by atomic mass is 10.1. The van der Waals surface area contributed by atoms with Crippen LogP contribution in [0, 0.1) is 6.92 Å². The summed E-state index contributed by atoms with van der Waals surface area (Å²) in [6.07, 6.45) is 0. The highest BCUT2D eigenvalue weighted by Crippen LogP contribution is 2.20. The summed E-state index contributed by atoms with van der Waals surface area (Å²) >= 11 is 0. The number of aryl methyl sites for hydroxylation is 1. The predicted octanol–water partition coefficient (Wildman–Crippen LogP) is 2.52. The first-order valence-corrected chi connectivity index (χ1v) is 6.76. The molecule has 1 amide bonds. The van der Waals surface area contributed by atoms with Gasteiger partial charge in [-0.15, -0.1) is 0 Å². The molecule has 0 bridgehead atoms. The Hall–Kier alpha value is -2.96. The Morgan fingerprint density at radius 1 is 1.18 bits per heavy atom. The number of hydrogen-bond donors (Lipinski definition) is 1. The number of aromatic nitrogens is 3. The Balaban J connectivity index is 1.72. The number of benzene rings is 1. The van der Waals surface area contributed by atoms with E-state index in [1.165, 1.54) is 0 Å². The van der Waals surface area contributed by atoms with Crippen molar-refractivity contribution in [2.24, 2.45) is 0 Å². The van der Waals surface area contributed by atoms with Gasteiger partial charge in [0.15, 0.2) is 17.3 Å². The number of hydrogen-bond acceptors (Lipinski definition) is 6. The molecule has 0 aliphatic rings. The number of amides is 1. The lowest BCUT2D eigenvalue weighted by Gasteiger charge is -2.07. The van der Waals surface area contributed by atoms with E-state index in [-0.39, 0.29) is 11.6 Å². The second-order valence-electron chi connectivity index (χ2n) is 4.82. The standard InChI is InChI=1S/C15H14N4O3/c1-9(15-17-10(2)18-22-15)16-14(20)12-8-13(21-19-12)11-6-4-3-5-7-11/h3-9H,1-2H3,(H,16,20)/t9-/m1/s1. The molecule has 0 saturated carbocycles. The van der Waals surface area contributed by atoms with E-state index in [4.69, 9.17) is 9.05 Å². The Morgan fingerprint density at radius 3 is 2.64 bits per heavy atom. The summed E-state index contributed by atoms with van der Waals surface area (Å²) < 4.78 is 10.2. The fraction of sp³-hybridized carbons (Fsp3) is 0.200. The molecular weight excluding hydrogens is 284 g/mol. The SMILES string of the molecule is Cc1noc([C@@H](C)NC(=O)c2cc(-c3ccccc3)on2)n1. The lowest BCUT2D eigenvalue weighted by molar-refractivity contribution is 0.0923. The largest absolute Gasteiger partial charge is 0.355 e. The molecule has 0 aliphatic carbocycles. The molecular formula is C15H14N4O3. The first kappa shape index (κ1) is 14.0. The second-order valence-corrected chi connectivity index (χ2v) is 4.82. The fourth-order valence-corrected chi connectivity index (χ4v) is 1.94. The number of nitrogens with one attached hydrogen (secondary N) is 1. The van der Waals surface area contributed by atoms with Gasteiger partial charge in [0.2, 0.25) is 5.89 Å². The zero-order valence-corrected chi connectivity index (χ0v) is 12.1. The van der Waals surface area contributed by atoms with E-state index in [9.17, 15) is 4.79 Å². The molecule has 0 radical (unpaired) electrons. The smallest absolute Gasteiger partial charge is 0.274 e. The highest BCUT2D eigenvalue weighted by atomic mass is 16.5. The van der Waals surface area contributed by atoms with Crippen molar-refractivity contribution in [1.82, 2.24) is 20.6 Å². The monoisotopic (exact) mass is 298 g/mol. The minimum Gasteiger partial charge on any atom is -0.355 e. The molecule has 7 nitrogen and oxygen atoms in total. The van der Waals surface area contributed by atoms with E-state index in [0.717, 1.165) is 5.56 Å². The molecule has 2 heterocycles. The quantitative estimate of drug-likeness (QED) is 0.795. The van der Waals surface area contributed by atoms with Gasteiger partial charge in [0.1, 0.15) is 6.04 Å². The minimum atomic E-state index is -0.412. The average molecular weight is 298 g/mol. The number of rotatable bonds is 4. The first-order chi connectivity index (χ1) is 10.6. The van der Waals surface area contributed by atoms with Crippen LogP contribution in [0.15, 0.2) is 45.4 Å². The zero-order valence-electron chi connectivity index (χ0n) is 12.1. The van der Waals surface area contributed by atoms with Gasteiger partial charge in [-0.05, 0) is 13.8 Å². The van der Waals surface area contributed by atoms with Gasteiger partial charge in [-0.1, -0.05) is 40.6 Å². The van der Waals surface area contributed by atoms with Crippen LogP contribution >= 0.6 is 0 Å². The van der Waals surface area contributed by atoms with Crippen LogP contribution in [0.5, 0.6) is 0 Å². The van der Waals surface area contributed by atoms with Crippen molar-refractivity contribution >= 4 is 5.91 Å². The fourth-order valence-electron chi connectivity index (χ4n) is 1.94. The molecule has 2 aromatic heterocycles. The van der Waals surface area contributed by atoms with E-state index in [2.05, 4.69) is 20.6 Å². The summed E-state index contributed by atoms with van der Waals surface area (Å²) in [7, 11) is 0. The van der Waals surface area contributed by atoms with Crippen molar-refractivity contribution in [1.29, 1.82) is 0 Å². The van der Waals surface area contributed by atoms with Crippen molar-refractivity contribution in [3.8, 4) is 11.3 Å². The van der Waals surface area contributed by atoms with Crippen LogP contribution in [0.2, 0.25) is 0 Å². The number of carbonyl (C=O) groups is 1. The van der Waals surface area contributed by atoms with Gasteiger partial charge in [-0.2, -0.15) is 4.98 Å². The molecule has 22 heavy (non-hydrogen) atoms. The third kappa shape index (κ3) is 2.88. The third-order valence-corrected chi connectivity index (χ3v) is 3.06. The van der Waals surface area contributed by atoms with Gasteiger partial charge in [0, 0.05) is 11.6 Å². The Kier molecular flexibility index (Phi) is 3.69. The normalized spacial score (nSPS) is 12.1. The van der Waals surface area contributed by atoms with Crippen LogP contribution in [0.3, 0.4) is 0 Å². The van der Waals surface area contributed by atoms with Gasteiger partial charge in [0.05, 0.1) is 0 Å². The summed E-state index contributed by atoms with van der Waals surface area (Å²) in [6, 6.07) is 10.6. The Bertz CT molecular complexity index is 779. The van der Waals surface area contributed by atoms with Gasteiger partial charge < -0.3 is 14.4 Å². The summed E-state index contributed by atoms with van der Waals surface area (Å²) in [6.45, 7) is 3.47. The van der Waals surface area contributed by atoms with Crippen molar-refractivity contribution in [2.75, 3.05) is 0 Å². The van der Waals surface area contributed by atoms with Crippen LogP contribution in [0.25, 0.3) is 11.3 Å². The molecule has 112 valence electrons. The molecule has 1 atom stereocenters. The lowest BCUT2D eigenvalue weighted by Crippen LogP contribution is -2.27. The average Bonchev–Trinajstić information content (AvgIpc) is 3.17. The molecule has 3 aromatic rings. The zero-order chi connectivity index (χ0) is 15.5. The van der Waals surface area contributed by atoms with E-state index < -0.39 is 6.04 Å². The third-order valence-electron chi connectivity index (χ3n) is 3.06. The highest BCUT2D eigenvalue weighted by Gasteiger charge is 2.19. The summed E-state index contributed by atoms with van der Waals surface area (Å²) in [5, 5.41) is 10.2. The summed E-state index contributed by atoms with van der Waals surface area (Å²) in [4.78, 5) is 16.2. The van der Waals surface area contributed by atoms with Gasteiger partial charge >= 0.3 is 0 Å². The highest BCUT2D eigenvalue weighted by molar-refractivity contribution is 5.93. The molecule has 7 heteroatoms. The Morgan fingerprint density at radius 2 is 1.95 bits per heavy atom. The summed E-state index contributed by atoms with van der Waals surface area (Å²) in [5.41, 5.74) is 1.05.